The highest BCUT2D eigenvalue weighted by Crippen LogP contribution is 2.28. The van der Waals surface area contributed by atoms with Crippen molar-refractivity contribution in [3.8, 4) is 0 Å². The highest BCUT2D eigenvalue weighted by atomic mass is 32.2. The molecule has 4 nitrogen and oxygen atoms in total. The van der Waals surface area contributed by atoms with Crippen LogP contribution in [0.3, 0.4) is 0 Å². The lowest BCUT2D eigenvalue weighted by molar-refractivity contribution is 0.0713. The van der Waals surface area contributed by atoms with E-state index in [1.807, 2.05) is 18.2 Å². The third-order valence-electron chi connectivity index (χ3n) is 4.72. The molecule has 0 spiro atoms. The minimum atomic E-state index is -4.64. The second-order valence-corrected chi connectivity index (χ2v) is 8.22. The number of halogens is 2. The van der Waals surface area contributed by atoms with Crippen molar-refractivity contribution in [2.24, 2.45) is 0 Å². The van der Waals surface area contributed by atoms with E-state index >= 15 is 0 Å². The number of piperidine rings is 1. The summed E-state index contributed by atoms with van der Waals surface area (Å²) in [6.45, 7) is 1.21. The van der Waals surface area contributed by atoms with E-state index in [-0.39, 0.29) is 5.91 Å². The number of sulfone groups is 1. The zero-order valence-corrected chi connectivity index (χ0v) is 14.8. The Bertz CT molecular complexity index is 859. The van der Waals surface area contributed by atoms with E-state index in [0.29, 0.717) is 24.6 Å². The van der Waals surface area contributed by atoms with Gasteiger partial charge in [-0.15, -0.1) is 0 Å². The van der Waals surface area contributed by atoms with Crippen LogP contribution in [-0.4, -0.2) is 38.1 Å². The lowest BCUT2D eigenvalue weighted by Gasteiger charge is -2.32. The summed E-state index contributed by atoms with van der Waals surface area (Å²) in [5, 5.41) is 0. The van der Waals surface area contributed by atoms with E-state index in [2.05, 4.69) is 12.1 Å². The van der Waals surface area contributed by atoms with Gasteiger partial charge < -0.3 is 4.90 Å². The molecule has 0 bridgehead atoms. The molecule has 0 unspecified atom stereocenters. The topological polar surface area (TPSA) is 54.5 Å². The zero-order chi connectivity index (χ0) is 18.7. The second-order valence-electron chi connectivity index (χ2n) is 6.31. The molecule has 1 aliphatic rings. The second kappa shape index (κ2) is 7.53. The Balaban J connectivity index is 1.66. The number of benzene rings is 2. The van der Waals surface area contributed by atoms with Crippen LogP contribution in [-0.2, 0) is 9.84 Å². The first kappa shape index (κ1) is 18.5. The standard InChI is InChI=1S/C19H19F2NO3S/c20-19(21)26(24,25)17-8-6-16(7-9-17)18(23)22-12-10-15(11-13-22)14-4-2-1-3-5-14/h1-9,15,19H,10-13H2. The molecule has 0 aromatic heterocycles. The van der Waals surface area contributed by atoms with E-state index in [1.165, 1.54) is 17.7 Å². The number of nitrogens with zero attached hydrogens (tertiary/aromatic N) is 1. The number of alkyl halides is 2. The predicted octanol–water partition coefficient (Wildman–Crippen LogP) is 3.70. The average molecular weight is 379 g/mol. The molecule has 0 atom stereocenters. The SMILES string of the molecule is O=C(c1ccc(S(=O)(=O)C(F)F)cc1)N1CCC(c2ccccc2)CC1. The fourth-order valence-corrected chi connectivity index (χ4v) is 3.93. The maximum atomic E-state index is 12.6. The van der Waals surface area contributed by atoms with Crippen LogP contribution in [0.1, 0.15) is 34.7 Å². The molecule has 3 rings (SSSR count). The van der Waals surface area contributed by atoms with E-state index < -0.39 is 20.5 Å². The molecule has 26 heavy (non-hydrogen) atoms. The lowest BCUT2D eigenvalue weighted by atomic mass is 9.89. The van der Waals surface area contributed by atoms with Crippen LogP contribution in [0.4, 0.5) is 8.78 Å². The van der Waals surface area contributed by atoms with E-state index in [1.54, 1.807) is 4.90 Å². The van der Waals surface area contributed by atoms with Crippen molar-refractivity contribution in [3.63, 3.8) is 0 Å². The van der Waals surface area contributed by atoms with Gasteiger partial charge in [-0.25, -0.2) is 8.42 Å². The third-order valence-corrected chi connectivity index (χ3v) is 6.12. The Morgan fingerprint density at radius 1 is 0.962 bits per heavy atom. The van der Waals surface area contributed by atoms with E-state index in [9.17, 15) is 22.0 Å². The summed E-state index contributed by atoms with van der Waals surface area (Å²) >= 11 is 0. The summed E-state index contributed by atoms with van der Waals surface area (Å²) in [7, 11) is -4.64. The third kappa shape index (κ3) is 3.77. The Morgan fingerprint density at radius 2 is 1.54 bits per heavy atom. The largest absolute Gasteiger partial charge is 0.341 e. The van der Waals surface area contributed by atoms with Crippen molar-refractivity contribution in [2.45, 2.75) is 29.4 Å². The molecule has 0 saturated carbocycles. The van der Waals surface area contributed by atoms with Gasteiger partial charge in [-0.2, -0.15) is 8.78 Å². The van der Waals surface area contributed by atoms with Gasteiger partial charge >= 0.3 is 5.76 Å². The molecule has 2 aromatic carbocycles. The molecular formula is C19H19F2NO3S. The van der Waals surface area contributed by atoms with Gasteiger partial charge in [0.15, 0.2) is 0 Å². The summed E-state index contributed by atoms with van der Waals surface area (Å²) in [6.07, 6.45) is 1.71. The number of rotatable bonds is 4. The van der Waals surface area contributed by atoms with Crippen LogP contribution in [0, 0.1) is 0 Å². The Labute approximate surface area is 151 Å². The summed E-state index contributed by atoms with van der Waals surface area (Å²) in [4.78, 5) is 13.8. The maximum Gasteiger partial charge on any atom is 0.341 e. The molecule has 2 aromatic rings. The first-order chi connectivity index (χ1) is 12.4. The Hall–Kier alpha value is -2.28. The van der Waals surface area contributed by atoms with Gasteiger partial charge in [0.2, 0.25) is 9.84 Å². The molecule has 1 saturated heterocycles. The van der Waals surface area contributed by atoms with Gasteiger partial charge in [0, 0.05) is 18.7 Å². The normalized spacial score (nSPS) is 16.0. The summed E-state index contributed by atoms with van der Waals surface area (Å²) < 4.78 is 48.0. The van der Waals surface area contributed by atoms with Crippen molar-refractivity contribution < 1.29 is 22.0 Å². The first-order valence-corrected chi connectivity index (χ1v) is 9.90. The molecule has 0 radical (unpaired) electrons. The van der Waals surface area contributed by atoms with Gasteiger partial charge in [-0.05, 0) is 48.6 Å². The molecule has 0 aliphatic carbocycles. The predicted molar refractivity (Wildman–Crippen MR) is 94.0 cm³/mol. The summed E-state index contributed by atoms with van der Waals surface area (Å²) in [6, 6.07) is 14.9. The number of carbonyl (C=O) groups is 1. The van der Waals surface area contributed by atoms with Crippen molar-refractivity contribution in [1.82, 2.24) is 4.90 Å². The van der Waals surface area contributed by atoms with Crippen LogP contribution in [0.25, 0.3) is 0 Å². The average Bonchev–Trinajstić information content (AvgIpc) is 2.68. The van der Waals surface area contributed by atoms with Crippen LogP contribution < -0.4 is 0 Å². The number of amides is 1. The zero-order valence-electron chi connectivity index (χ0n) is 14.0. The first-order valence-electron chi connectivity index (χ1n) is 8.36. The van der Waals surface area contributed by atoms with Crippen molar-refractivity contribution in [2.75, 3.05) is 13.1 Å². The smallest absolute Gasteiger partial charge is 0.339 e. The minimum absolute atomic E-state index is 0.211. The van der Waals surface area contributed by atoms with Gasteiger partial charge in [0.1, 0.15) is 0 Å². The molecular weight excluding hydrogens is 360 g/mol. The molecule has 138 valence electrons. The molecule has 1 heterocycles. The van der Waals surface area contributed by atoms with Crippen LogP contribution in [0.15, 0.2) is 59.5 Å². The van der Waals surface area contributed by atoms with E-state index in [4.69, 9.17) is 0 Å². The molecule has 7 heteroatoms. The van der Waals surface area contributed by atoms with Crippen LogP contribution in [0.2, 0.25) is 0 Å². The van der Waals surface area contributed by atoms with Crippen molar-refractivity contribution >= 4 is 15.7 Å². The maximum absolute atomic E-state index is 12.6. The summed E-state index contributed by atoms with van der Waals surface area (Å²) in [5.74, 6) is -3.27. The highest BCUT2D eigenvalue weighted by molar-refractivity contribution is 7.91. The number of carbonyl (C=O) groups excluding carboxylic acids is 1. The number of likely N-dealkylation sites (tertiary alicyclic amines) is 1. The fraction of sp³-hybridized carbons (Fsp3) is 0.316. The molecule has 1 amide bonds. The lowest BCUT2D eigenvalue weighted by Crippen LogP contribution is -2.37. The number of hydrogen-bond acceptors (Lipinski definition) is 3. The molecule has 1 fully saturated rings. The monoisotopic (exact) mass is 379 g/mol. The fourth-order valence-electron chi connectivity index (χ4n) is 3.21. The van der Waals surface area contributed by atoms with Crippen LogP contribution in [0.5, 0.6) is 0 Å². The van der Waals surface area contributed by atoms with Gasteiger partial charge in [0.05, 0.1) is 4.90 Å². The Morgan fingerprint density at radius 3 is 2.08 bits per heavy atom. The van der Waals surface area contributed by atoms with Gasteiger partial charge in [-0.1, -0.05) is 30.3 Å². The Kier molecular flexibility index (Phi) is 5.36. The number of hydrogen-bond donors (Lipinski definition) is 0. The van der Waals surface area contributed by atoms with Crippen LogP contribution >= 0.6 is 0 Å². The van der Waals surface area contributed by atoms with Crippen molar-refractivity contribution in [3.05, 3.63) is 65.7 Å². The van der Waals surface area contributed by atoms with Crippen molar-refractivity contribution in [1.29, 1.82) is 0 Å². The highest BCUT2D eigenvalue weighted by Gasteiger charge is 2.28. The molecule has 0 N–H and O–H groups in total. The van der Waals surface area contributed by atoms with Gasteiger partial charge in [0.25, 0.3) is 5.91 Å². The van der Waals surface area contributed by atoms with E-state index in [0.717, 1.165) is 25.0 Å². The van der Waals surface area contributed by atoms with Gasteiger partial charge in [-0.3, -0.25) is 4.79 Å². The molecule has 1 aliphatic heterocycles. The minimum Gasteiger partial charge on any atom is -0.339 e. The summed E-state index contributed by atoms with van der Waals surface area (Å²) in [5.41, 5.74) is 1.57. The quantitative estimate of drug-likeness (QED) is 0.814.